The van der Waals surface area contributed by atoms with Gasteiger partial charge in [-0.1, -0.05) is 49.7 Å². The Kier molecular flexibility index (Phi) is 7.85. The third-order valence-corrected chi connectivity index (χ3v) is 8.08. The molecule has 3 aromatic carbocycles. The molecule has 9 heteroatoms. The van der Waals surface area contributed by atoms with E-state index in [2.05, 4.69) is 18.7 Å². The molecular formula is C27H31BN2O5S. The molecule has 0 aliphatic rings. The minimum atomic E-state index is -3.93. The fourth-order valence-corrected chi connectivity index (χ4v) is 5.61. The van der Waals surface area contributed by atoms with Crippen LogP contribution in [0.15, 0.2) is 77.8 Å². The minimum Gasteiger partial charge on any atom is -0.492 e. The molecular weight excluding hydrogens is 475 g/mol. The Bertz CT molecular complexity index is 1450. The number of hydrogen-bond donors (Lipinski definition) is 2. The lowest BCUT2D eigenvalue weighted by Gasteiger charge is -2.18. The van der Waals surface area contributed by atoms with Gasteiger partial charge in [-0.15, -0.1) is 0 Å². The van der Waals surface area contributed by atoms with Gasteiger partial charge >= 0.3 is 7.12 Å². The molecule has 4 rings (SSSR count). The van der Waals surface area contributed by atoms with Gasteiger partial charge < -0.3 is 19.7 Å². The predicted molar refractivity (Wildman–Crippen MR) is 144 cm³/mol. The lowest BCUT2D eigenvalue weighted by molar-refractivity contribution is 0.223. The van der Waals surface area contributed by atoms with E-state index in [1.54, 1.807) is 36.4 Å². The van der Waals surface area contributed by atoms with Gasteiger partial charge in [0.2, 0.25) is 0 Å². The Morgan fingerprint density at radius 3 is 2.31 bits per heavy atom. The second kappa shape index (κ2) is 10.9. The molecule has 0 spiro atoms. The lowest BCUT2D eigenvalue weighted by atomic mass is 9.80. The van der Waals surface area contributed by atoms with Crippen molar-refractivity contribution in [3.8, 4) is 16.9 Å². The molecule has 1 aromatic heterocycles. The van der Waals surface area contributed by atoms with Crippen molar-refractivity contribution < 1.29 is 23.2 Å². The second-order valence-electron chi connectivity index (χ2n) is 8.71. The van der Waals surface area contributed by atoms with E-state index in [9.17, 15) is 18.5 Å². The number of nitrogens with zero attached hydrogens (tertiary/aromatic N) is 2. The molecule has 36 heavy (non-hydrogen) atoms. The summed E-state index contributed by atoms with van der Waals surface area (Å²) in [6.07, 6.45) is 1.28. The molecule has 4 aromatic rings. The van der Waals surface area contributed by atoms with Crippen LogP contribution in [0.25, 0.3) is 22.0 Å². The fourth-order valence-electron chi connectivity index (χ4n) is 4.23. The van der Waals surface area contributed by atoms with Gasteiger partial charge in [-0.25, -0.2) is 12.4 Å². The second-order valence-corrected chi connectivity index (χ2v) is 10.5. The number of fused-ring (bicyclic) bond motifs is 1. The summed E-state index contributed by atoms with van der Waals surface area (Å²) in [5.41, 5.74) is 3.12. The molecule has 0 radical (unpaired) electrons. The van der Waals surface area contributed by atoms with Crippen LogP contribution in [0.4, 0.5) is 0 Å². The van der Waals surface area contributed by atoms with Crippen LogP contribution in [0.5, 0.6) is 5.75 Å². The quantitative estimate of drug-likeness (QED) is 0.321. The van der Waals surface area contributed by atoms with Crippen molar-refractivity contribution in [2.24, 2.45) is 0 Å². The van der Waals surface area contributed by atoms with Crippen LogP contribution in [0.2, 0.25) is 0 Å². The van der Waals surface area contributed by atoms with Crippen molar-refractivity contribution in [2.45, 2.75) is 25.7 Å². The maximum Gasteiger partial charge on any atom is 0.490 e. The molecule has 0 fully saturated rings. The smallest absolute Gasteiger partial charge is 0.490 e. The van der Waals surface area contributed by atoms with E-state index in [1.165, 1.54) is 6.20 Å². The van der Waals surface area contributed by atoms with Gasteiger partial charge in [-0.05, 0) is 67.5 Å². The highest BCUT2D eigenvalue weighted by Gasteiger charge is 2.26. The van der Waals surface area contributed by atoms with Crippen LogP contribution in [0, 0.1) is 6.92 Å². The molecule has 188 valence electrons. The van der Waals surface area contributed by atoms with Crippen LogP contribution in [-0.2, 0) is 10.0 Å². The highest BCUT2D eigenvalue weighted by molar-refractivity contribution is 7.90. The summed E-state index contributed by atoms with van der Waals surface area (Å²) in [5, 5.41) is 20.5. The number of likely N-dealkylation sites (N-methyl/N-ethyl adjacent to an activating group) is 1. The van der Waals surface area contributed by atoms with Crippen molar-refractivity contribution in [2.75, 3.05) is 26.2 Å². The van der Waals surface area contributed by atoms with Crippen molar-refractivity contribution >= 4 is 33.5 Å². The topological polar surface area (TPSA) is 92.0 Å². The molecule has 2 N–H and O–H groups in total. The maximum atomic E-state index is 13.4. The molecule has 0 bridgehead atoms. The first-order chi connectivity index (χ1) is 17.2. The van der Waals surface area contributed by atoms with Crippen LogP contribution in [0.1, 0.15) is 19.4 Å². The number of ether oxygens (including phenoxy) is 1. The van der Waals surface area contributed by atoms with Gasteiger partial charge in [0.1, 0.15) is 12.4 Å². The number of rotatable bonds is 10. The zero-order valence-electron chi connectivity index (χ0n) is 20.8. The van der Waals surface area contributed by atoms with Crippen LogP contribution >= 0.6 is 0 Å². The summed E-state index contributed by atoms with van der Waals surface area (Å²) in [6, 6.07) is 19.5. The number of aromatic nitrogens is 1. The Morgan fingerprint density at radius 2 is 1.64 bits per heavy atom. The standard InChI is InChI=1S/C27H31BN2O5S/c1-4-29(5-2)15-16-35-23-8-6-7-21(17-23)22-11-14-27-25(18-22)26(28(31)32)19-30(27)36(33,34)24-12-9-20(3)10-13-24/h6-14,17-19,31-32H,4-5,15-16H2,1-3H3. The number of hydrogen-bond acceptors (Lipinski definition) is 6. The third-order valence-electron chi connectivity index (χ3n) is 6.40. The first-order valence-electron chi connectivity index (χ1n) is 12.0. The summed E-state index contributed by atoms with van der Waals surface area (Å²) in [7, 11) is -5.76. The number of aryl methyl sites for hydroxylation is 1. The van der Waals surface area contributed by atoms with Gasteiger partial charge in [-0.3, -0.25) is 0 Å². The fraction of sp³-hybridized carbons (Fsp3) is 0.259. The Balaban J connectivity index is 1.70. The van der Waals surface area contributed by atoms with Crippen molar-refractivity contribution in [3.63, 3.8) is 0 Å². The Labute approximate surface area is 212 Å². The zero-order valence-corrected chi connectivity index (χ0v) is 21.6. The molecule has 0 aliphatic heterocycles. The summed E-state index contributed by atoms with van der Waals surface area (Å²) in [5.74, 6) is 0.738. The first-order valence-corrected chi connectivity index (χ1v) is 13.5. The SMILES string of the molecule is CCN(CC)CCOc1cccc(-c2ccc3c(c2)c(B(O)O)cn3S(=O)(=O)c2ccc(C)cc2)c1. The molecule has 0 atom stereocenters. The van der Waals surface area contributed by atoms with Crippen molar-refractivity contribution in [3.05, 3.63) is 78.5 Å². The van der Waals surface area contributed by atoms with Crippen LogP contribution in [-0.4, -0.2) is 60.7 Å². The average Bonchev–Trinajstić information content (AvgIpc) is 3.27. The van der Waals surface area contributed by atoms with E-state index >= 15 is 0 Å². The highest BCUT2D eigenvalue weighted by Crippen LogP contribution is 2.29. The molecule has 0 amide bonds. The maximum absolute atomic E-state index is 13.4. The van der Waals surface area contributed by atoms with E-state index in [0.29, 0.717) is 17.5 Å². The van der Waals surface area contributed by atoms with Gasteiger partial charge in [0.25, 0.3) is 10.0 Å². The van der Waals surface area contributed by atoms with Crippen LogP contribution in [0.3, 0.4) is 0 Å². The zero-order chi connectivity index (χ0) is 25.9. The third kappa shape index (κ3) is 5.34. The van der Waals surface area contributed by atoms with Gasteiger partial charge in [0.05, 0.1) is 10.4 Å². The monoisotopic (exact) mass is 506 g/mol. The first kappa shape index (κ1) is 26.0. The summed E-state index contributed by atoms with van der Waals surface area (Å²) in [6.45, 7) is 9.48. The molecule has 1 heterocycles. The van der Waals surface area contributed by atoms with E-state index < -0.39 is 17.1 Å². The Hall–Kier alpha value is -3.11. The largest absolute Gasteiger partial charge is 0.492 e. The normalized spacial score (nSPS) is 11.8. The molecule has 0 unspecified atom stereocenters. The number of benzene rings is 3. The van der Waals surface area contributed by atoms with E-state index in [4.69, 9.17) is 4.74 Å². The van der Waals surface area contributed by atoms with Gasteiger partial charge in [-0.2, -0.15) is 0 Å². The van der Waals surface area contributed by atoms with E-state index in [-0.39, 0.29) is 10.4 Å². The molecule has 0 saturated heterocycles. The summed E-state index contributed by atoms with van der Waals surface area (Å²) >= 11 is 0. The van der Waals surface area contributed by atoms with E-state index in [1.807, 2.05) is 37.3 Å². The minimum absolute atomic E-state index is 0.120. The molecule has 0 saturated carbocycles. The van der Waals surface area contributed by atoms with Gasteiger partial charge in [0.15, 0.2) is 0 Å². The highest BCUT2D eigenvalue weighted by atomic mass is 32.2. The lowest BCUT2D eigenvalue weighted by Crippen LogP contribution is -2.29. The van der Waals surface area contributed by atoms with Crippen molar-refractivity contribution in [1.82, 2.24) is 8.87 Å². The van der Waals surface area contributed by atoms with Gasteiger partial charge in [0, 0.05) is 23.6 Å². The predicted octanol–water partition coefficient (Wildman–Crippen LogP) is 3.25. The molecule has 7 nitrogen and oxygen atoms in total. The summed E-state index contributed by atoms with van der Waals surface area (Å²) in [4.78, 5) is 2.41. The van der Waals surface area contributed by atoms with Crippen LogP contribution < -0.4 is 10.2 Å². The van der Waals surface area contributed by atoms with Crippen molar-refractivity contribution in [1.29, 1.82) is 0 Å². The average molecular weight is 506 g/mol. The summed E-state index contributed by atoms with van der Waals surface area (Å²) < 4.78 is 33.8. The van der Waals surface area contributed by atoms with E-state index in [0.717, 1.165) is 46.0 Å². The Morgan fingerprint density at radius 1 is 0.944 bits per heavy atom. The molecule has 0 aliphatic carbocycles.